The Morgan fingerprint density at radius 2 is 0.609 bits per heavy atom. The van der Waals surface area contributed by atoms with Crippen LogP contribution in [-0.4, -0.2) is 14.2 Å². The summed E-state index contributed by atoms with van der Waals surface area (Å²) in [7, 11) is 3.42. The predicted molar refractivity (Wildman–Crippen MR) is 292 cm³/mol. The Kier molecular flexibility index (Phi) is 9.48. The van der Waals surface area contributed by atoms with Crippen LogP contribution in [-0.2, 0) is 0 Å². The molecule has 13 aromatic rings. The number of aryl methyl sites for hydroxylation is 1. The van der Waals surface area contributed by atoms with Gasteiger partial charge < -0.3 is 19.3 Å². The monoisotopic (exact) mass is 886 g/mol. The van der Waals surface area contributed by atoms with Crippen molar-refractivity contribution in [2.45, 2.75) is 6.92 Å². The van der Waals surface area contributed by atoms with E-state index in [9.17, 15) is 0 Å². The van der Waals surface area contributed by atoms with Gasteiger partial charge in [0.05, 0.1) is 25.6 Å². The molecule has 0 radical (unpaired) electrons. The Balaban J connectivity index is 1.18. The average Bonchev–Trinajstić information content (AvgIpc) is 3.93. The van der Waals surface area contributed by atoms with Gasteiger partial charge in [0.25, 0.3) is 0 Å². The Hall–Kier alpha value is -8.86. The third kappa shape index (κ3) is 6.29. The summed E-state index contributed by atoms with van der Waals surface area (Å²) in [6.45, 7) is 2.15. The molecule has 0 N–H and O–H groups in total. The number of ether oxygens (including phenoxy) is 2. The molecule has 0 saturated heterocycles. The number of hydrogen-bond acceptors (Lipinski definition) is 4. The number of para-hydroxylation sites is 1. The normalized spacial score (nSPS) is 11.7. The molecule has 0 amide bonds. The van der Waals surface area contributed by atoms with Gasteiger partial charge in [-0.2, -0.15) is 0 Å². The predicted octanol–water partition coefficient (Wildman–Crippen LogP) is 18.1. The highest BCUT2D eigenvalue weighted by Crippen LogP contribution is 2.57. The van der Waals surface area contributed by atoms with Crippen molar-refractivity contribution in [1.29, 1.82) is 0 Å². The molecule has 0 aliphatic heterocycles. The van der Waals surface area contributed by atoms with E-state index in [0.29, 0.717) is 0 Å². The third-order valence-electron chi connectivity index (χ3n) is 14.2. The minimum atomic E-state index is 0.812. The zero-order valence-corrected chi connectivity index (χ0v) is 38.6. The average molecular weight is 887 g/mol. The van der Waals surface area contributed by atoms with E-state index in [1.165, 1.54) is 92.5 Å². The van der Waals surface area contributed by atoms with Gasteiger partial charge in [0.15, 0.2) is 0 Å². The molecule has 4 heteroatoms. The highest BCUT2D eigenvalue weighted by atomic mass is 16.5. The maximum atomic E-state index is 5.62. The summed E-state index contributed by atoms with van der Waals surface area (Å²) in [5.41, 5.74) is 12.7. The number of methoxy groups -OCH3 is 2. The molecule has 0 bridgehead atoms. The Bertz CT molecular complexity index is 3860. The standard InChI is InChI=1S/C65H46N2O2/c1-41-25-27-45(28-26-41)66(44-19-11-6-12-20-44)56-39-37-54-60-50(56)21-13-23-52(60)62-58(42-15-7-4-8-16-42)63-53-24-14-22-51-57(40-38-55(61(51)53)65(63)59(64(54)62)43-17-9-5-10-18-43)67(46-29-33-48(68-2)34-30-46)47-31-35-49(69-3)36-32-47/h4-40H,1-3H3. The first kappa shape index (κ1) is 40.4. The first-order valence-electron chi connectivity index (χ1n) is 23.6. The van der Waals surface area contributed by atoms with Crippen molar-refractivity contribution in [3.8, 4) is 33.8 Å². The molecule has 0 aromatic heterocycles. The maximum Gasteiger partial charge on any atom is 0.119 e. The lowest BCUT2D eigenvalue weighted by atomic mass is 9.87. The van der Waals surface area contributed by atoms with Crippen LogP contribution in [0, 0.1) is 6.92 Å². The van der Waals surface area contributed by atoms with Gasteiger partial charge in [0.1, 0.15) is 11.5 Å². The fraction of sp³-hybridized carbons (Fsp3) is 0.0462. The van der Waals surface area contributed by atoms with E-state index in [1.54, 1.807) is 14.2 Å². The first-order valence-corrected chi connectivity index (χ1v) is 23.6. The van der Waals surface area contributed by atoms with E-state index in [4.69, 9.17) is 9.47 Å². The van der Waals surface area contributed by atoms with E-state index in [-0.39, 0.29) is 0 Å². The second-order valence-electron chi connectivity index (χ2n) is 17.9. The van der Waals surface area contributed by atoms with Gasteiger partial charge in [0.2, 0.25) is 0 Å². The molecule has 328 valence electrons. The number of benzene rings is 11. The Morgan fingerprint density at radius 3 is 1.00 bits per heavy atom. The summed E-state index contributed by atoms with van der Waals surface area (Å²) < 4.78 is 11.2. The molecule has 0 spiro atoms. The minimum absolute atomic E-state index is 0.812. The minimum Gasteiger partial charge on any atom is -0.497 e. The largest absolute Gasteiger partial charge is 0.497 e. The smallest absolute Gasteiger partial charge is 0.119 e. The lowest BCUT2D eigenvalue weighted by molar-refractivity contribution is 0.415. The second kappa shape index (κ2) is 16.2. The van der Waals surface area contributed by atoms with Crippen LogP contribution >= 0.6 is 0 Å². The zero-order valence-electron chi connectivity index (χ0n) is 38.6. The number of hydrogen-bond donors (Lipinski definition) is 0. The maximum absolute atomic E-state index is 5.62. The van der Waals surface area contributed by atoms with Crippen LogP contribution in [0.1, 0.15) is 5.56 Å². The first-order chi connectivity index (χ1) is 34.1. The molecule has 13 aromatic carbocycles. The fourth-order valence-electron chi connectivity index (χ4n) is 11.2. The van der Waals surface area contributed by atoms with Crippen molar-refractivity contribution in [1.82, 2.24) is 0 Å². The number of anilines is 6. The summed E-state index contributed by atoms with van der Waals surface area (Å²) in [4.78, 5) is 4.77. The lowest BCUT2D eigenvalue weighted by Crippen LogP contribution is -2.10. The molecule has 0 aliphatic carbocycles. The van der Waals surface area contributed by atoms with Crippen molar-refractivity contribution in [3.05, 3.63) is 230 Å². The van der Waals surface area contributed by atoms with Crippen LogP contribution in [0.2, 0.25) is 0 Å². The van der Waals surface area contributed by atoms with Gasteiger partial charge in [-0.05, 0) is 168 Å². The van der Waals surface area contributed by atoms with Gasteiger partial charge in [-0.25, -0.2) is 0 Å². The van der Waals surface area contributed by atoms with E-state index in [2.05, 4.69) is 217 Å². The fourth-order valence-corrected chi connectivity index (χ4v) is 11.2. The SMILES string of the molecule is COc1ccc(N(c2ccc(OC)cc2)c2ccc3c4c(-c5ccccc5)c5c6ccc(N(c7ccccc7)c7ccc(C)cc7)c7cccc(c5c(-c5ccccc5)c4c4cccc2c43)c76)cc1. The molecule has 0 aliphatic rings. The third-order valence-corrected chi connectivity index (χ3v) is 14.2. The number of nitrogens with zero attached hydrogens (tertiary/aromatic N) is 2. The number of rotatable bonds is 10. The van der Waals surface area contributed by atoms with Crippen LogP contribution < -0.4 is 19.3 Å². The van der Waals surface area contributed by atoms with Crippen LogP contribution in [0.3, 0.4) is 0 Å². The van der Waals surface area contributed by atoms with Gasteiger partial charge >= 0.3 is 0 Å². The van der Waals surface area contributed by atoms with E-state index >= 15 is 0 Å². The highest BCUT2D eigenvalue weighted by Gasteiger charge is 2.30. The molecular weight excluding hydrogens is 841 g/mol. The Labute approximate surface area is 401 Å². The van der Waals surface area contributed by atoms with E-state index in [0.717, 1.165) is 45.6 Å². The molecule has 0 heterocycles. The van der Waals surface area contributed by atoms with Crippen LogP contribution in [0.4, 0.5) is 34.1 Å². The quantitative estimate of drug-likeness (QED) is 0.137. The van der Waals surface area contributed by atoms with Gasteiger partial charge in [0, 0.05) is 33.5 Å². The molecule has 0 saturated carbocycles. The summed E-state index contributed by atoms with van der Waals surface area (Å²) in [5.74, 6) is 1.62. The lowest BCUT2D eigenvalue weighted by Gasteiger charge is -2.27. The van der Waals surface area contributed by atoms with Crippen molar-refractivity contribution < 1.29 is 9.47 Å². The van der Waals surface area contributed by atoms with Gasteiger partial charge in [-0.15, -0.1) is 0 Å². The summed E-state index contributed by atoms with van der Waals surface area (Å²) >= 11 is 0. The number of fused-ring (bicyclic) bond motifs is 6. The van der Waals surface area contributed by atoms with Gasteiger partial charge in [-0.3, -0.25) is 0 Å². The summed E-state index contributed by atoms with van der Waals surface area (Å²) in [6.07, 6.45) is 0. The zero-order chi connectivity index (χ0) is 46.2. The van der Waals surface area contributed by atoms with Crippen molar-refractivity contribution in [2.75, 3.05) is 24.0 Å². The highest BCUT2D eigenvalue weighted by molar-refractivity contribution is 6.47. The van der Waals surface area contributed by atoms with Gasteiger partial charge in [-0.1, -0.05) is 145 Å². The van der Waals surface area contributed by atoms with Crippen LogP contribution in [0.15, 0.2) is 224 Å². The second-order valence-corrected chi connectivity index (χ2v) is 17.9. The summed E-state index contributed by atoms with van der Waals surface area (Å²) in [5, 5.41) is 15.0. The molecule has 4 nitrogen and oxygen atoms in total. The molecule has 13 rings (SSSR count). The van der Waals surface area contributed by atoms with Crippen molar-refractivity contribution in [2.24, 2.45) is 0 Å². The topological polar surface area (TPSA) is 24.9 Å². The van der Waals surface area contributed by atoms with Crippen molar-refractivity contribution >= 4 is 98.8 Å². The molecular formula is C65H46N2O2. The van der Waals surface area contributed by atoms with Crippen molar-refractivity contribution in [3.63, 3.8) is 0 Å². The Morgan fingerprint density at radius 1 is 0.275 bits per heavy atom. The van der Waals surface area contributed by atoms with E-state index < -0.39 is 0 Å². The molecule has 0 fully saturated rings. The molecule has 0 unspecified atom stereocenters. The van der Waals surface area contributed by atoms with Crippen LogP contribution in [0.25, 0.3) is 86.9 Å². The molecule has 69 heavy (non-hydrogen) atoms. The van der Waals surface area contributed by atoms with E-state index in [1.807, 2.05) is 24.3 Å². The molecule has 0 atom stereocenters. The van der Waals surface area contributed by atoms with Crippen LogP contribution in [0.5, 0.6) is 11.5 Å². The summed E-state index contributed by atoms with van der Waals surface area (Å²) in [6, 6.07) is 81.8.